The standard InChI is InChI=1S/C11H22N2O3/c1-10(2,3)11(16,9(14)15)8-13-6-4-12-5-7-13/h12,16H,4-8H2,1-3H3,(H,14,15). The average molecular weight is 230 g/mol. The second kappa shape index (κ2) is 4.69. The van der Waals surface area contributed by atoms with E-state index >= 15 is 0 Å². The van der Waals surface area contributed by atoms with Crippen molar-refractivity contribution in [1.29, 1.82) is 0 Å². The van der Waals surface area contributed by atoms with Gasteiger partial charge < -0.3 is 15.5 Å². The fraction of sp³-hybridized carbons (Fsp3) is 0.909. The second-order valence-corrected chi connectivity index (χ2v) is 5.44. The van der Waals surface area contributed by atoms with E-state index in [9.17, 15) is 15.0 Å². The highest BCUT2D eigenvalue weighted by Gasteiger charge is 2.48. The topological polar surface area (TPSA) is 72.8 Å². The summed E-state index contributed by atoms with van der Waals surface area (Å²) in [6.07, 6.45) is 0. The lowest BCUT2D eigenvalue weighted by atomic mass is 9.76. The molecule has 0 radical (unpaired) electrons. The van der Waals surface area contributed by atoms with Crippen molar-refractivity contribution in [3.05, 3.63) is 0 Å². The molecule has 0 bridgehead atoms. The first-order valence-corrected chi connectivity index (χ1v) is 5.66. The van der Waals surface area contributed by atoms with Gasteiger partial charge >= 0.3 is 5.97 Å². The van der Waals surface area contributed by atoms with Gasteiger partial charge in [-0.2, -0.15) is 0 Å². The van der Waals surface area contributed by atoms with Crippen LogP contribution in [-0.4, -0.2) is 59.4 Å². The summed E-state index contributed by atoms with van der Waals surface area (Å²) in [6.45, 7) is 8.71. The number of hydrogen-bond donors (Lipinski definition) is 3. The Morgan fingerprint density at radius 3 is 2.19 bits per heavy atom. The van der Waals surface area contributed by atoms with Crippen LogP contribution < -0.4 is 5.32 Å². The number of carboxylic acids is 1. The number of carbonyl (C=O) groups is 1. The Morgan fingerprint density at radius 2 is 1.81 bits per heavy atom. The molecule has 1 unspecified atom stereocenters. The maximum atomic E-state index is 11.2. The van der Waals surface area contributed by atoms with E-state index in [1.165, 1.54) is 0 Å². The number of nitrogens with zero attached hydrogens (tertiary/aromatic N) is 1. The molecule has 0 saturated carbocycles. The maximum absolute atomic E-state index is 11.2. The van der Waals surface area contributed by atoms with Crippen LogP contribution in [0.15, 0.2) is 0 Å². The van der Waals surface area contributed by atoms with Crippen LogP contribution in [0, 0.1) is 5.41 Å². The highest BCUT2D eigenvalue weighted by molar-refractivity contribution is 5.78. The van der Waals surface area contributed by atoms with Gasteiger partial charge in [0, 0.05) is 38.1 Å². The fourth-order valence-corrected chi connectivity index (χ4v) is 1.82. The number of carboxylic acid groups (broad SMARTS) is 1. The van der Waals surface area contributed by atoms with Gasteiger partial charge in [0.15, 0.2) is 5.60 Å². The zero-order valence-corrected chi connectivity index (χ0v) is 10.3. The molecule has 0 aromatic rings. The Hall–Kier alpha value is -0.650. The first-order chi connectivity index (χ1) is 7.27. The van der Waals surface area contributed by atoms with E-state index in [1.807, 2.05) is 4.90 Å². The minimum Gasteiger partial charge on any atom is -0.479 e. The number of aliphatic carboxylic acids is 1. The van der Waals surface area contributed by atoms with Crippen molar-refractivity contribution in [1.82, 2.24) is 10.2 Å². The Morgan fingerprint density at radius 1 is 1.31 bits per heavy atom. The molecule has 1 aliphatic heterocycles. The van der Waals surface area contributed by atoms with E-state index in [0.29, 0.717) is 0 Å². The fourth-order valence-electron chi connectivity index (χ4n) is 1.82. The number of hydrogen-bond acceptors (Lipinski definition) is 4. The molecule has 3 N–H and O–H groups in total. The minimum atomic E-state index is -1.69. The highest BCUT2D eigenvalue weighted by atomic mass is 16.4. The maximum Gasteiger partial charge on any atom is 0.337 e. The zero-order chi connectivity index (χ0) is 12.4. The van der Waals surface area contributed by atoms with Crippen molar-refractivity contribution < 1.29 is 15.0 Å². The summed E-state index contributed by atoms with van der Waals surface area (Å²) >= 11 is 0. The molecule has 0 aliphatic carbocycles. The van der Waals surface area contributed by atoms with Crippen LogP contribution in [0.5, 0.6) is 0 Å². The molecule has 1 saturated heterocycles. The van der Waals surface area contributed by atoms with Crippen molar-refractivity contribution in [3.63, 3.8) is 0 Å². The monoisotopic (exact) mass is 230 g/mol. The van der Waals surface area contributed by atoms with Gasteiger partial charge in [0.2, 0.25) is 0 Å². The molecular weight excluding hydrogens is 208 g/mol. The molecule has 0 aromatic heterocycles. The van der Waals surface area contributed by atoms with Gasteiger partial charge in [-0.1, -0.05) is 20.8 Å². The quantitative estimate of drug-likeness (QED) is 0.624. The van der Waals surface area contributed by atoms with Crippen molar-refractivity contribution in [2.75, 3.05) is 32.7 Å². The zero-order valence-electron chi connectivity index (χ0n) is 10.3. The number of aliphatic hydroxyl groups is 1. The summed E-state index contributed by atoms with van der Waals surface area (Å²) in [5.74, 6) is -1.14. The smallest absolute Gasteiger partial charge is 0.337 e. The van der Waals surface area contributed by atoms with Crippen LogP contribution in [0.1, 0.15) is 20.8 Å². The van der Waals surface area contributed by atoms with Crippen LogP contribution in [0.2, 0.25) is 0 Å². The van der Waals surface area contributed by atoms with Gasteiger partial charge in [-0.15, -0.1) is 0 Å². The van der Waals surface area contributed by atoms with Crippen LogP contribution in [0.3, 0.4) is 0 Å². The Bertz CT molecular complexity index is 256. The molecule has 0 spiro atoms. The average Bonchev–Trinajstić information content (AvgIpc) is 2.17. The third-order valence-corrected chi connectivity index (χ3v) is 3.26. The van der Waals surface area contributed by atoms with Crippen molar-refractivity contribution in [2.45, 2.75) is 26.4 Å². The predicted molar refractivity (Wildman–Crippen MR) is 61.4 cm³/mol. The lowest BCUT2D eigenvalue weighted by molar-refractivity contribution is -0.174. The van der Waals surface area contributed by atoms with Crippen molar-refractivity contribution in [3.8, 4) is 0 Å². The largest absolute Gasteiger partial charge is 0.479 e. The second-order valence-electron chi connectivity index (χ2n) is 5.44. The Kier molecular flexibility index (Phi) is 3.93. The Labute approximate surface area is 96.4 Å². The molecule has 94 valence electrons. The minimum absolute atomic E-state index is 0.188. The van der Waals surface area contributed by atoms with E-state index in [0.717, 1.165) is 26.2 Å². The number of β-amino-alcohol motifs (C(OH)–C–C–N with tert-alkyl or cyclic N) is 1. The molecule has 1 aliphatic rings. The van der Waals surface area contributed by atoms with E-state index in [-0.39, 0.29) is 6.54 Å². The summed E-state index contributed by atoms with van der Waals surface area (Å²) < 4.78 is 0. The first-order valence-electron chi connectivity index (χ1n) is 5.66. The van der Waals surface area contributed by atoms with E-state index < -0.39 is 17.0 Å². The van der Waals surface area contributed by atoms with Crippen molar-refractivity contribution >= 4 is 5.97 Å². The summed E-state index contributed by atoms with van der Waals surface area (Å²) in [5, 5.41) is 22.7. The van der Waals surface area contributed by atoms with Gasteiger partial charge in [0.25, 0.3) is 0 Å². The molecule has 1 rings (SSSR count). The van der Waals surface area contributed by atoms with Gasteiger partial charge in [-0.3, -0.25) is 4.90 Å². The molecule has 0 amide bonds. The van der Waals surface area contributed by atoms with E-state index in [2.05, 4.69) is 5.32 Å². The van der Waals surface area contributed by atoms with Crippen LogP contribution in [0.4, 0.5) is 0 Å². The molecule has 5 nitrogen and oxygen atoms in total. The van der Waals surface area contributed by atoms with Crippen molar-refractivity contribution in [2.24, 2.45) is 5.41 Å². The molecule has 1 atom stereocenters. The van der Waals surface area contributed by atoms with E-state index in [4.69, 9.17) is 0 Å². The van der Waals surface area contributed by atoms with Crippen LogP contribution in [0.25, 0.3) is 0 Å². The van der Waals surface area contributed by atoms with Gasteiger partial charge in [0.1, 0.15) is 0 Å². The van der Waals surface area contributed by atoms with Gasteiger partial charge in [0.05, 0.1) is 0 Å². The number of nitrogens with one attached hydrogen (secondary N) is 1. The van der Waals surface area contributed by atoms with Gasteiger partial charge in [-0.25, -0.2) is 4.79 Å². The molecule has 0 aromatic carbocycles. The number of rotatable bonds is 3. The first kappa shape index (κ1) is 13.4. The molecular formula is C11H22N2O3. The normalized spacial score (nSPS) is 22.8. The molecule has 1 fully saturated rings. The van der Waals surface area contributed by atoms with E-state index in [1.54, 1.807) is 20.8 Å². The number of piperazine rings is 1. The van der Waals surface area contributed by atoms with Gasteiger partial charge in [-0.05, 0) is 0 Å². The lowest BCUT2D eigenvalue weighted by Crippen LogP contribution is -2.59. The molecule has 1 heterocycles. The summed E-state index contributed by atoms with van der Waals surface area (Å²) in [5.41, 5.74) is -2.37. The summed E-state index contributed by atoms with van der Waals surface area (Å²) in [6, 6.07) is 0. The highest BCUT2D eigenvalue weighted by Crippen LogP contribution is 2.31. The Balaban J connectivity index is 2.74. The van der Waals surface area contributed by atoms with Crippen LogP contribution >= 0.6 is 0 Å². The summed E-state index contributed by atoms with van der Waals surface area (Å²) in [7, 11) is 0. The summed E-state index contributed by atoms with van der Waals surface area (Å²) in [4.78, 5) is 13.2. The molecule has 16 heavy (non-hydrogen) atoms. The third kappa shape index (κ3) is 2.72. The predicted octanol–water partition coefficient (Wildman–Crippen LogP) is -0.247. The SMILES string of the molecule is CC(C)(C)C(O)(CN1CCNCC1)C(=O)O. The van der Waals surface area contributed by atoms with Crippen LogP contribution in [-0.2, 0) is 4.79 Å². The lowest BCUT2D eigenvalue weighted by Gasteiger charge is -2.41. The molecule has 5 heteroatoms. The third-order valence-electron chi connectivity index (χ3n) is 3.26.